The molecule has 0 atom stereocenters. The number of para-hydroxylation sites is 1. The Hall–Kier alpha value is -5.23. The predicted molar refractivity (Wildman–Crippen MR) is 165 cm³/mol. The Bertz CT molecular complexity index is 1680. The highest BCUT2D eigenvalue weighted by Crippen LogP contribution is 2.34. The summed E-state index contributed by atoms with van der Waals surface area (Å²) in [6.07, 6.45) is 4.01. The van der Waals surface area contributed by atoms with Gasteiger partial charge in [0.1, 0.15) is 6.61 Å². The molecule has 5 aromatic rings. The molecule has 1 heterocycles. The molecule has 0 unspecified atom stereocenters. The molecule has 204 valence electrons. The van der Waals surface area contributed by atoms with Crippen molar-refractivity contribution >= 4 is 23.0 Å². The molecule has 1 N–H and O–H groups in total. The van der Waals surface area contributed by atoms with Crippen LogP contribution < -0.4 is 14.9 Å². The monoisotopic (exact) mass is 541 g/mol. The van der Waals surface area contributed by atoms with Gasteiger partial charge in [-0.1, -0.05) is 84.9 Å². The zero-order chi connectivity index (χ0) is 28.4. The van der Waals surface area contributed by atoms with Crippen molar-refractivity contribution in [2.24, 2.45) is 5.10 Å². The van der Waals surface area contributed by atoms with Crippen LogP contribution in [0.15, 0.2) is 121 Å². The molecule has 6 nitrogen and oxygen atoms in total. The largest absolute Gasteiger partial charge is 0.490 e. The van der Waals surface area contributed by atoms with Gasteiger partial charge in [-0.05, 0) is 48.7 Å². The Labute approximate surface area is 240 Å². The average Bonchev–Trinajstić information content (AvgIpc) is 3.01. The molecular formula is C35H31N3O3. The number of carbonyl (C=O) groups is 1. The maximum atomic E-state index is 13.3. The van der Waals surface area contributed by atoms with Gasteiger partial charge >= 0.3 is 0 Å². The Balaban J connectivity index is 1.40. The minimum absolute atomic E-state index is 0.323. The number of pyridine rings is 1. The lowest BCUT2D eigenvalue weighted by atomic mass is 10.0. The van der Waals surface area contributed by atoms with E-state index in [1.807, 2.05) is 110 Å². The lowest BCUT2D eigenvalue weighted by Crippen LogP contribution is -2.18. The van der Waals surface area contributed by atoms with Gasteiger partial charge in [-0.2, -0.15) is 5.10 Å². The van der Waals surface area contributed by atoms with Gasteiger partial charge in [0.2, 0.25) is 0 Å². The fourth-order valence-corrected chi connectivity index (χ4v) is 4.57. The topological polar surface area (TPSA) is 72.8 Å². The first kappa shape index (κ1) is 27.3. The molecule has 41 heavy (non-hydrogen) atoms. The molecule has 1 amide bonds. The third-order valence-corrected chi connectivity index (χ3v) is 6.45. The van der Waals surface area contributed by atoms with E-state index in [-0.39, 0.29) is 5.91 Å². The van der Waals surface area contributed by atoms with E-state index < -0.39 is 0 Å². The molecule has 0 saturated carbocycles. The Morgan fingerprint density at radius 1 is 0.927 bits per heavy atom. The van der Waals surface area contributed by atoms with Gasteiger partial charge in [-0.25, -0.2) is 10.4 Å². The molecule has 0 radical (unpaired) electrons. The third-order valence-electron chi connectivity index (χ3n) is 6.45. The number of rotatable bonds is 11. The molecule has 0 aliphatic carbocycles. The minimum Gasteiger partial charge on any atom is -0.490 e. The first-order valence-corrected chi connectivity index (χ1v) is 13.5. The number of ether oxygens (including phenoxy) is 2. The molecule has 1 aromatic heterocycles. The first-order valence-electron chi connectivity index (χ1n) is 13.5. The van der Waals surface area contributed by atoms with Gasteiger partial charge in [-0.15, -0.1) is 6.58 Å². The molecule has 0 saturated heterocycles. The molecule has 0 aliphatic heterocycles. The van der Waals surface area contributed by atoms with Gasteiger partial charge in [0.25, 0.3) is 5.91 Å². The van der Waals surface area contributed by atoms with Crippen LogP contribution in [0.2, 0.25) is 0 Å². The second-order valence-electron chi connectivity index (χ2n) is 9.34. The lowest BCUT2D eigenvalue weighted by molar-refractivity contribution is 0.0956. The fourth-order valence-electron chi connectivity index (χ4n) is 4.57. The van der Waals surface area contributed by atoms with Crippen LogP contribution in [0, 0.1) is 0 Å². The number of allylic oxidation sites excluding steroid dienone is 1. The molecule has 0 bridgehead atoms. The summed E-state index contributed by atoms with van der Waals surface area (Å²) >= 11 is 0. The predicted octanol–water partition coefficient (Wildman–Crippen LogP) is 7.37. The number of benzene rings is 4. The van der Waals surface area contributed by atoms with Crippen LogP contribution in [-0.4, -0.2) is 23.7 Å². The second kappa shape index (κ2) is 13.2. The summed E-state index contributed by atoms with van der Waals surface area (Å²) < 4.78 is 12.1. The zero-order valence-corrected chi connectivity index (χ0v) is 22.9. The lowest BCUT2D eigenvalue weighted by Gasteiger charge is -2.17. The van der Waals surface area contributed by atoms with Crippen molar-refractivity contribution in [2.45, 2.75) is 20.0 Å². The summed E-state index contributed by atoms with van der Waals surface area (Å²) in [5.41, 5.74) is 8.33. The summed E-state index contributed by atoms with van der Waals surface area (Å²) in [5, 5.41) is 5.04. The van der Waals surface area contributed by atoms with Crippen molar-refractivity contribution in [1.82, 2.24) is 10.4 Å². The second-order valence-corrected chi connectivity index (χ2v) is 9.34. The van der Waals surface area contributed by atoms with Crippen LogP contribution in [0.5, 0.6) is 11.5 Å². The smallest absolute Gasteiger partial charge is 0.272 e. The van der Waals surface area contributed by atoms with Crippen molar-refractivity contribution in [1.29, 1.82) is 0 Å². The summed E-state index contributed by atoms with van der Waals surface area (Å²) in [5.74, 6) is 0.966. The SMILES string of the molecule is C=CCc1cc(/C=N/NC(=O)c2cc(-c3ccccc3)nc3ccccc23)cc(OCC)c1OCc1ccccc1. The summed E-state index contributed by atoms with van der Waals surface area (Å²) in [4.78, 5) is 18.1. The Morgan fingerprint density at radius 2 is 1.66 bits per heavy atom. The standard InChI is InChI=1S/C35H31N3O3/c1-3-13-28-20-26(21-33(40-4-2)34(28)41-24-25-14-7-5-8-15-25)23-36-38-35(39)30-22-32(27-16-9-6-10-17-27)37-31-19-12-11-18-29(30)31/h3,5-12,14-23H,1,4,13,24H2,2H3,(H,38,39)/b36-23+. The maximum Gasteiger partial charge on any atom is 0.272 e. The summed E-state index contributed by atoms with van der Waals surface area (Å²) in [7, 11) is 0. The number of hydrogen-bond donors (Lipinski definition) is 1. The normalized spacial score (nSPS) is 11.0. The molecule has 0 fully saturated rings. The molecule has 5 rings (SSSR count). The van der Waals surface area contributed by atoms with E-state index in [2.05, 4.69) is 17.1 Å². The average molecular weight is 542 g/mol. The van der Waals surface area contributed by atoms with Crippen LogP contribution in [0.1, 0.15) is 34.0 Å². The van der Waals surface area contributed by atoms with Crippen LogP contribution in [-0.2, 0) is 13.0 Å². The highest BCUT2D eigenvalue weighted by Gasteiger charge is 2.15. The van der Waals surface area contributed by atoms with Gasteiger partial charge in [-0.3, -0.25) is 4.79 Å². The van der Waals surface area contributed by atoms with Gasteiger partial charge in [0.15, 0.2) is 11.5 Å². The van der Waals surface area contributed by atoms with Gasteiger partial charge in [0, 0.05) is 16.5 Å². The number of aromatic nitrogens is 1. The number of fused-ring (bicyclic) bond motifs is 1. The number of hydrazone groups is 1. The summed E-state index contributed by atoms with van der Waals surface area (Å²) in [6.45, 7) is 6.72. The number of hydrogen-bond acceptors (Lipinski definition) is 5. The first-order chi connectivity index (χ1) is 20.2. The molecule has 6 heteroatoms. The molecule has 0 spiro atoms. The quantitative estimate of drug-likeness (QED) is 0.108. The van der Waals surface area contributed by atoms with Crippen LogP contribution in [0.25, 0.3) is 22.2 Å². The molecular weight excluding hydrogens is 510 g/mol. The zero-order valence-electron chi connectivity index (χ0n) is 22.9. The molecule has 4 aromatic carbocycles. The van der Waals surface area contributed by atoms with E-state index in [4.69, 9.17) is 14.5 Å². The number of nitrogens with zero attached hydrogens (tertiary/aromatic N) is 2. The number of carbonyl (C=O) groups excluding carboxylic acids is 1. The van der Waals surface area contributed by atoms with Crippen LogP contribution >= 0.6 is 0 Å². The Morgan fingerprint density at radius 3 is 2.41 bits per heavy atom. The fraction of sp³-hybridized carbons (Fsp3) is 0.114. The highest BCUT2D eigenvalue weighted by atomic mass is 16.5. The Kier molecular flexibility index (Phi) is 8.81. The van der Waals surface area contributed by atoms with E-state index in [1.165, 1.54) is 0 Å². The van der Waals surface area contributed by atoms with E-state index >= 15 is 0 Å². The number of amides is 1. The van der Waals surface area contributed by atoms with E-state index in [9.17, 15) is 4.79 Å². The van der Waals surface area contributed by atoms with Gasteiger partial charge in [0.05, 0.1) is 29.6 Å². The van der Waals surface area contributed by atoms with Crippen molar-refractivity contribution < 1.29 is 14.3 Å². The highest BCUT2D eigenvalue weighted by molar-refractivity contribution is 6.07. The van der Waals surface area contributed by atoms with Crippen molar-refractivity contribution in [3.05, 3.63) is 138 Å². The summed E-state index contributed by atoms with van der Waals surface area (Å²) in [6, 6.07) is 33.0. The third kappa shape index (κ3) is 6.68. The van der Waals surface area contributed by atoms with E-state index in [1.54, 1.807) is 12.3 Å². The number of nitrogens with one attached hydrogen (secondary N) is 1. The van der Waals surface area contributed by atoms with Crippen molar-refractivity contribution in [3.8, 4) is 22.8 Å². The van der Waals surface area contributed by atoms with Gasteiger partial charge < -0.3 is 9.47 Å². The van der Waals surface area contributed by atoms with E-state index in [0.717, 1.165) is 38.9 Å². The maximum absolute atomic E-state index is 13.3. The minimum atomic E-state index is -0.323. The van der Waals surface area contributed by atoms with Crippen LogP contribution in [0.3, 0.4) is 0 Å². The van der Waals surface area contributed by atoms with Crippen molar-refractivity contribution in [2.75, 3.05) is 6.61 Å². The molecule has 0 aliphatic rings. The van der Waals surface area contributed by atoms with E-state index in [0.29, 0.717) is 36.7 Å². The van der Waals surface area contributed by atoms with Crippen molar-refractivity contribution in [3.63, 3.8) is 0 Å². The van der Waals surface area contributed by atoms with Crippen LogP contribution in [0.4, 0.5) is 0 Å².